The molecule has 5 rings (SSSR count). The van der Waals surface area contributed by atoms with Crippen molar-refractivity contribution >= 4 is 75.9 Å². The number of carboxylic acid groups (broad SMARTS) is 1. The van der Waals surface area contributed by atoms with Gasteiger partial charge in [0.05, 0.1) is 12.6 Å². The van der Waals surface area contributed by atoms with E-state index in [-0.39, 0.29) is 44.4 Å². The smallest absolute Gasteiger partial charge is 0.303 e. The normalized spacial score (nSPS) is 14.8. The number of ether oxygens (including phenoxy) is 1. The lowest BCUT2D eigenvalue weighted by molar-refractivity contribution is -0.139. The average Bonchev–Trinajstić information content (AvgIpc) is 4.05. The van der Waals surface area contributed by atoms with Crippen LogP contribution in [0.5, 0.6) is 5.75 Å². The Morgan fingerprint density at radius 3 is 1.92 bits per heavy atom. The second kappa shape index (κ2) is 26.0. The van der Waals surface area contributed by atoms with Crippen molar-refractivity contribution < 1.29 is 53.0 Å². The molecule has 398 valence electrons. The first-order chi connectivity index (χ1) is 35.1. The zero-order chi connectivity index (χ0) is 54.3. The maximum absolute atomic E-state index is 14.8. The van der Waals surface area contributed by atoms with Crippen LogP contribution in [0.2, 0.25) is 0 Å². The fraction of sp³-hybridized carbons (Fsp3) is 0.453. The molecule has 0 saturated heterocycles. The van der Waals surface area contributed by atoms with Crippen LogP contribution < -0.4 is 47.7 Å². The third-order valence-corrected chi connectivity index (χ3v) is 13.2. The number of rotatable bonds is 28. The molecule has 4 aromatic rings. The molecule has 1 aliphatic rings. The maximum Gasteiger partial charge on any atom is 0.303 e. The monoisotopic (exact) mass is 1040 g/mol. The van der Waals surface area contributed by atoms with Gasteiger partial charge >= 0.3 is 5.97 Å². The van der Waals surface area contributed by atoms with E-state index >= 15 is 0 Å². The fourth-order valence-corrected chi connectivity index (χ4v) is 8.82. The van der Waals surface area contributed by atoms with E-state index < -0.39 is 107 Å². The third-order valence-electron chi connectivity index (χ3n) is 12.6. The van der Waals surface area contributed by atoms with Crippen molar-refractivity contribution in [3.63, 3.8) is 0 Å². The summed E-state index contributed by atoms with van der Waals surface area (Å²) >= 11 is 1.43. The van der Waals surface area contributed by atoms with Gasteiger partial charge in [-0.25, -0.2) is 0 Å². The number of primary amides is 1. The quantitative estimate of drug-likeness (QED) is 0.0397. The molecule has 0 spiro atoms. The van der Waals surface area contributed by atoms with E-state index in [0.717, 1.165) is 16.8 Å². The fourth-order valence-electron chi connectivity index (χ4n) is 8.35. The van der Waals surface area contributed by atoms with E-state index in [9.17, 15) is 48.3 Å². The first kappa shape index (κ1) is 57.5. The number of fused-ring (bicyclic) bond motifs is 1. The van der Waals surface area contributed by atoms with Crippen molar-refractivity contribution in [2.24, 2.45) is 11.7 Å². The van der Waals surface area contributed by atoms with Gasteiger partial charge in [-0.2, -0.15) is 11.8 Å². The third kappa shape index (κ3) is 16.0. The number of benzene rings is 3. The van der Waals surface area contributed by atoms with Gasteiger partial charge in [0, 0.05) is 43.5 Å². The SMILES string of the molecule is COc1ccc(-n2cc(C[C@H](NC(=O)C(C)(C)NC(=O)[C@H](CCSC)NC(=O)[C@H](Cc3ccccc3)NC(C)=O)C(=O)N[C@@H](CCC(=O)O)C(=O)NC3(C(=O)N[C@@H](CC(C)C)C(N)=O)CC3)c3ccccc32)cc1. The molecule has 1 saturated carbocycles. The number of aromatic nitrogens is 1. The number of carbonyl (C=O) groups excluding carboxylic acids is 8. The molecule has 10 N–H and O–H groups in total. The van der Waals surface area contributed by atoms with Gasteiger partial charge < -0.3 is 57.4 Å². The summed E-state index contributed by atoms with van der Waals surface area (Å²) in [4.78, 5) is 121. The van der Waals surface area contributed by atoms with Gasteiger partial charge in [-0.3, -0.25) is 43.2 Å². The lowest BCUT2D eigenvalue weighted by Crippen LogP contribution is -2.63. The van der Waals surface area contributed by atoms with Gasteiger partial charge in [0.25, 0.3) is 0 Å². The van der Waals surface area contributed by atoms with Crippen LogP contribution in [0.3, 0.4) is 0 Å². The molecule has 1 heterocycles. The number of para-hydroxylation sites is 1. The van der Waals surface area contributed by atoms with Crippen LogP contribution in [0.15, 0.2) is 85.1 Å². The number of nitrogens with zero attached hydrogens (tertiary/aromatic N) is 1. The summed E-state index contributed by atoms with van der Waals surface area (Å²) in [6.07, 6.45) is 3.43. The summed E-state index contributed by atoms with van der Waals surface area (Å²) in [6, 6.07) is 17.5. The number of nitrogens with two attached hydrogens (primary N) is 1. The zero-order valence-electron chi connectivity index (χ0n) is 42.9. The van der Waals surface area contributed by atoms with E-state index in [4.69, 9.17) is 10.5 Å². The Morgan fingerprint density at radius 1 is 0.743 bits per heavy atom. The van der Waals surface area contributed by atoms with Gasteiger partial charge in [-0.05, 0) is 105 Å². The summed E-state index contributed by atoms with van der Waals surface area (Å²) in [7, 11) is 1.55. The first-order valence-corrected chi connectivity index (χ1v) is 25.9. The van der Waals surface area contributed by atoms with Crippen molar-refractivity contribution in [2.75, 3.05) is 19.1 Å². The predicted molar refractivity (Wildman–Crippen MR) is 280 cm³/mol. The Labute approximate surface area is 434 Å². The van der Waals surface area contributed by atoms with Gasteiger partial charge in [0.1, 0.15) is 47.0 Å². The van der Waals surface area contributed by atoms with Crippen LogP contribution in [0.4, 0.5) is 0 Å². The Balaban J connectivity index is 1.45. The molecule has 21 heteroatoms. The Bertz CT molecular complexity index is 2670. The number of amides is 8. The largest absolute Gasteiger partial charge is 0.497 e. The van der Waals surface area contributed by atoms with Gasteiger partial charge in [0.2, 0.25) is 47.3 Å². The Hall–Kier alpha value is -7.42. The molecular weight excluding hydrogens is 971 g/mol. The van der Waals surface area contributed by atoms with Crippen LogP contribution in [0, 0.1) is 5.92 Å². The maximum atomic E-state index is 14.8. The number of carboxylic acids is 1. The summed E-state index contributed by atoms with van der Waals surface area (Å²) in [5.74, 6) is -5.98. The number of methoxy groups -OCH3 is 1. The minimum absolute atomic E-state index is 0.00221. The number of thioether (sulfide) groups is 1. The molecule has 20 nitrogen and oxygen atoms in total. The lowest BCUT2D eigenvalue weighted by Gasteiger charge is -2.31. The molecule has 1 aromatic heterocycles. The standard InChI is InChI=1S/C53H69N9O11S/c1-31(2)27-40(45(54)66)58-51(72)53(24-25-53)61-49(70)38(21-22-44(64)65)56-47(68)42(29-34-30-62(43-16-12-11-15-37(34)43)35-17-19-36(73-6)20-18-35)59-50(71)52(4,5)60-48(69)39(23-26-74-7)57-46(67)41(55-32(3)63)28-33-13-9-8-10-14-33/h8-20,30-31,38-42H,21-29H2,1-7H3,(H2,54,66)(H,55,63)(H,56,68)(H,57,67)(H,58,72)(H,59,71)(H,60,69)(H,61,70)(H,64,65)/t38-,39-,40-,41-,42-/m0/s1. The minimum Gasteiger partial charge on any atom is -0.497 e. The summed E-state index contributed by atoms with van der Waals surface area (Å²) < 4.78 is 7.26. The zero-order valence-corrected chi connectivity index (χ0v) is 43.7. The summed E-state index contributed by atoms with van der Waals surface area (Å²) in [5.41, 5.74) is 5.25. The second-order valence-electron chi connectivity index (χ2n) is 19.5. The van der Waals surface area contributed by atoms with Crippen LogP contribution in [0.1, 0.15) is 84.3 Å². The number of hydrogen-bond donors (Lipinski definition) is 9. The van der Waals surface area contributed by atoms with E-state index in [1.807, 2.05) is 67.1 Å². The van der Waals surface area contributed by atoms with Crippen LogP contribution in [-0.4, -0.2) is 123 Å². The van der Waals surface area contributed by atoms with Crippen molar-refractivity contribution in [2.45, 2.75) is 127 Å². The summed E-state index contributed by atoms with van der Waals surface area (Å²) in [6.45, 7) is 7.82. The van der Waals surface area contributed by atoms with E-state index in [0.29, 0.717) is 22.5 Å². The van der Waals surface area contributed by atoms with Crippen molar-refractivity contribution in [1.82, 2.24) is 41.8 Å². The highest BCUT2D eigenvalue weighted by atomic mass is 32.2. The van der Waals surface area contributed by atoms with Gasteiger partial charge in [0.15, 0.2) is 0 Å². The average molecular weight is 1040 g/mol. The Morgan fingerprint density at radius 2 is 1.35 bits per heavy atom. The molecule has 3 aromatic carbocycles. The molecular formula is C53H69N9O11S. The number of hydrogen-bond acceptors (Lipinski definition) is 11. The molecule has 0 unspecified atom stereocenters. The van der Waals surface area contributed by atoms with Crippen LogP contribution in [-0.2, 0) is 56.0 Å². The number of carbonyl (C=O) groups is 9. The first-order valence-electron chi connectivity index (χ1n) is 24.5. The highest BCUT2D eigenvalue weighted by Crippen LogP contribution is 2.36. The van der Waals surface area contributed by atoms with E-state index in [1.165, 1.54) is 32.5 Å². The molecule has 5 atom stereocenters. The Kier molecular flexibility index (Phi) is 20.2. The molecule has 1 aliphatic carbocycles. The summed E-state index contributed by atoms with van der Waals surface area (Å²) in [5, 5.41) is 29.3. The molecule has 74 heavy (non-hydrogen) atoms. The van der Waals surface area contributed by atoms with Gasteiger partial charge in [-0.15, -0.1) is 0 Å². The molecule has 1 fully saturated rings. The van der Waals surface area contributed by atoms with Crippen LogP contribution in [0.25, 0.3) is 16.6 Å². The predicted octanol–water partition coefficient (Wildman–Crippen LogP) is 2.56. The lowest BCUT2D eigenvalue weighted by atomic mass is 9.99. The van der Waals surface area contributed by atoms with Crippen molar-refractivity contribution in [3.05, 3.63) is 96.2 Å². The van der Waals surface area contributed by atoms with Crippen molar-refractivity contribution in [3.8, 4) is 11.4 Å². The number of nitrogens with one attached hydrogen (secondary N) is 7. The molecule has 0 bridgehead atoms. The number of aliphatic carboxylic acids is 1. The van der Waals surface area contributed by atoms with Gasteiger partial charge in [-0.1, -0.05) is 62.4 Å². The van der Waals surface area contributed by atoms with E-state index in [1.54, 1.807) is 49.7 Å². The molecule has 0 aliphatic heterocycles. The van der Waals surface area contributed by atoms with Crippen molar-refractivity contribution in [1.29, 1.82) is 0 Å². The molecule has 0 radical (unpaired) electrons. The van der Waals surface area contributed by atoms with Crippen LogP contribution >= 0.6 is 11.8 Å². The topological polar surface area (TPSA) is 298 Å². The second-order valence-corrected chi connectivity index (χ2v) is 20.5. The highest BCUT2D eigenvalue weighted by molar-refractivity contribution is 7.98. The molecule has 8 amide bonds. The minimum atomic E-state index is -1.75. The highest BCUT2D eigenvalue weighted by Gasteiger charge is 2.52. The van der Waals surface area contributed by atoms with E-state index in [2.05, 4.69) is 37.2 Å².